The quantitative estimate of drug-likeness (QED) is 0.875. The van der Waals surface area contributed by atoms with Crippen LogP contribution in [0, 0.1) is 0 Å². The Kier molecular flexibility index (Phi) is 6.39. The molecule has 0 radical (unpaired) electrons. The Morgan fingerprint density at radius 3 is 2.67 bits per heavy atom. The molecule has 1 atom stereocenters. The molecular weight excluding hydrogens is 284 g/mol. The van der Waals surface area contributed by atoms with Gasteiger partial charge in [0.15, 0.2) is 0 Å². The number of amides is 1. The summed E-state index contributed by atoms with van der Waals surface area (Å²) in [4.78, 5) is 14.1. The molecule has 0 aliphatic carbocycles. The molecule has 1 saturated heterocycles. The lowest BCUT2D eigenvalue weighted by molar-refractivity contribution is -0.134. The van der Waals surface area contributed by atoms with Crippen molar-refractivity contribution < 1.29 is 9.53 Å². The SMILES string of the molecule is CSCC[C@H](N)C(=O)N1CCC(Oc2ccccc2)CC1. The van der Waals surface area contributed by atoms with Gasteiger partial charge in [0, 0.05) is 25.9 Å². The van der Waals surface area contributed by atoms with Crippen LogP contribution < -0.4 is 10.5 Å². The molecule has 1 aromatic rings. The smallest absolute Gasteiger partial charge is 0.239 e. The highest BCUT2D eigenvalue weighted by Crippen LogP contribution is 2.19. The molecule has 116 valence electrons. The van der Waals surface area contributed by atoms with Crippen LogP contribution >= 0.6 is 11.8 Å². The van der Waals surface area contributed by atoms with Gasteiger partial charge in [-0.05, 0) is 30.6 Å². The summed E-state index contributed by atoms with van der Waals surface area (Å²) in [5.74, 6) is 1.92. The third-order valence-electron chi connectivity index (χ3n) is 3.75. The van der Waals surface area contributed by atoms with Crippen molar-refractivity contribution >= 4 is 17.7 Å². The van der Waals surface area contributed by atoms with E-state index in [0.29, 0.717) is 0 Å². The zero-order chi connectivity index (χ0) is 15.1. The molecule has 0 saturated carbocycles. The number of benzene rings is 1. The Morgan fingerprint density at radius 1 is 1.38 bits per heavy atom. The van der Waals surface area contributed by atoms with Gasteiger partial charge in [-0.3, -0.25) is 4.79 Å². The summed E-state index contributed by atoms with van der Waals surface area (Å²) < 4.78 is 5.94. The van der Waals surface area contributed by atoms with Gasteiger partial charge in [0.05, 0.1) is 6.04 Å². The summed E-state index contributed by atoms with van der Waals surface area (Å²) in [7, 11) is 0. The van der Waals surface area contributed by atoms with E-state index in [0.717, 1.165) is 43.9 Å². The molecule has 0 bridgehead atoms. The van der Waals surface area contributed by atoms with Crippen molar-refractivity contribution in [1.82, 2.24) is 4.90 Å². The van der Waals surface area contributed by atoms with Gasteiger partial charge >= 0.3 is 0 Å². The van der Waals surface area contributed by atoms with Gasteiger partial charge in [0.25, 0.3) is 0 Å². The number of hydrogen-bond acceptors (Lipinski definition) is 4. The summed E-state index contributed by atoms with van der Waals surface area (Å²) in [6.45, 7) is 1.48. The molecular formula is C16H24N2O2S. The molecule has 2 rings (SSSR count). The Hall–Kier alpha value is -1.20. The molecule has 1 fully saturated rings. The number of thioether (sulfide) groups is 1. The lowest BCUT2D eigenvalue weighted by Gasteiger charge is -2.33. The Morgan fingerprint density at radius 2 is 2.05 bits per heavy atom. The average molecular weight is 308 g/mol. The van der Waals surface area contributed by atoms with Crippen LogP contribution in [0.3, 0.4) is 0 Å². The molecule has 0 unspecified atom stereocenters. The Labute approximate surface area is 131 Å². The van der Waals surface area contributed by atoms with E-state index in [4.69, 9.17) is 10.5 Å². The van der Waals surface area contributed by atoms with Crippen LogP contribution in [0.4, 0.5) is 0 Å². The summed E-state index contributed by atoms with van der Waals surface area (Å²) in [5.41, 5.74) is 5.96. The van der Waals surface area contributed by atoms with Crippen LogP contribution in [0.1, 0.15) is 19.3 Å². The first-order chi connectivity index (χ1) is 10.2. The summed E-state index contributed by atoms with van der Waals surface area (Å²) in [6, 6.07) is 9.50. The molecule has 21 heavy (non-hydrogen) atoms. The van der Waals surface area contributed by atoms with E-state index in [1.54, 1.807) is 11.8 Å². The van der Waals surface area contributed by atoms with Gasteiger partial charge in [-0.1, -0.05) is 18.2 Å². The molecule has 4 nitrogen and oxygen atoms in total. The van der Waals surface area contributed by atoms with Crippen LogP contribution in [0.15, 0.2) is 30.3 Å². The lowest BCUT2D eigenvalue weighted by Crippen LogP contribution is -2.48. The number of nitrogens with zero attached hydrogens (tertiary/aromatic N) is 1. The van der Waals surface area contributed by atoms with Gasteiger partial charge in [-0.2, -0.15) is 11.8 Å². The summed E-state index contributed by atoms with van der Waals surface area (Å²) in [6.07, 6.45) is 4.72. The van der Waals surface area contributed by atoms with Crippen LogP contribution in [0.25, 0.3) is 0 Å². The first-order valence-electron chi connectivity index (χ1n) is 7.45. The maximum absolute atomic E-state index is 12.2. The average Bonchev–Trinajstić information content (AvgIpc) is 2.53. The Balaban J connectivity index is 1.76. The van der Waals surface area contributed by atoms with Crippen molar-refractivity contribution in [2.24, 2.45) is 5.73 Å². The largest absolute Gasteiger partial charge is 0.490 e. The fourth-order valence-corrected chi connectivity index (χ4v) is 2.98. The number of rotatable bonds is 6. The number of hydrogen-bond donors (Lipinski definition) is 1. The van der Waals surface area contributed by atoms with Crippen molar-refractivity contribution in [3.63, 3.8) is 0 Å². The highest BCUT2D eigenvalue weighted by molar-refractivity contribution is 7.98. The minimum Gasteiger partial charge on any atom is -0.490 e. The maximum atomic E-state index is 12.2. The second kappa shape index (κ2) is 8.29. The molecule has 0 spiro atoms. The molecule has 1 aliphatic rings. The standard InChI is InChI=1S/C16H24N2O2S/c1-21-12-9-15(17)16(19)18-10-7-14(8-11-18)20-13-5-3-2-4-6-13/h2-6,14-15H,7-12,17H2,1H3/t15-/m0/s1. The van der Waals surface area contributed by atoms with E-state index in [1.165, 1.54) is 0 Å². The fraction of sp³-hybridized carbons (Fsp3) is 0.562. The van der Waals surface area contributed by atoms with Crippen LogP contribution in [-0.4, -0.2) is 48.1 Å². The van der Waals surface area contributed by atoms with Crippen LogP contribution in [0.2, 0.25) is 0 Å². The van der Waals surface area contributed by atoms with Gasteiger partial charge in [-0.15, -0.1) is 0 Å². The fourth-order valence-electron chi connectivity index (χ4n) is 2.49. The first-order valence-corrected chi connectivity index (χ1v) is 8.85. The normalized spacial score (nSPS) is 17.5. The highest BCUT2D eigenvalue weighted by atomic mass is 32.2. The minimum atomic E-state index is -0.357. The topological polar surface area (TPSA) is 55.6 Å². The highest BCUT2D eigenvalue weighted by Gasteiger charge is 2.26. The lowest BCUT2D eigenvalue weighted by atomic mass is 10.1. The van der Waals surface area contributed by atoms with E-state index >= 15 is 0 Å². The number of piperidine rings is 1. The second-order valence-electron chi connectivity index (χ2n) is 5.34. The van der Waals surface area contributed by atoms with Gasteiger partial charge in [-0.25, -0.2) is 0 Å². The number of ether oxygens (including phenoxy) is 1. The van der Waals surface area contributed by atoms with Crippen molar-refractivity contribution in [2.45, 2.75) is 31.4 Å². The van der Waals surface area contributed by atoms with E-state index in [9.17, 15) is 4.79 Å². The minimum absolute atomic E-state index is 0.0854. The Bertz CT molecular complexity index is 433. The number of para-hydroxylation sites is 1. The van der Waals surface area contributed by atoms with E-state index < -0.39 is 0 Å². The van der Waals surface area contributed by atoms with E-state index in [2.05, 4.69) is 0 Å². The monoisotopic (exact) mass is 308 g/mol. The van der Waals surface area contributed by atoms with Crippen molar-refractivity contribution in [1.29, 1.82) is 0 Å². The molecule has 1 aliphatic heterocycles. The summed E-state index contributed by atoms with van der Waals surface area (Å²) >= 11 is 1.72. The number of carbonyl (C=O) groups is 1. The van der Waals surface area contributed by atoms with Crippen molar-refractivity contribution in [2.75, 3.05) is 25.1 Å². The summed E-state index contributed by atoms with van der Waals surface area (Å²) in [5, 5.41) is 0. The van der Waals surface area contributed by atoms with E-state index in [-0.39, 0.29) is 18.1 Å². The molecule has 5 heteroatoms. The first kappa shape index (κ1) is 16.2. The molecule has 1 amide bonds. The van der Waals surface area contributed by atoms with Gasteiger partial charge in [0.2, 0.25) is 5.91 Å². The van der Waals surface area contributed by atoms with Crippen LogP contribution in [0.5, 0.6) is 5.75 Å². The van der Waals surface area contributed by atoms with Crippen LogP contribution in [-0.2, 0) is 4.79 Å². The number of nitrogens with two attached hydrogens (primary N) is 1. The zero-order valence-electron chi connectivity index (χ0n) is 12.5. The molecule has 2 N–H and O–H groups in total. The predicted molar refractivity (Wildman–Crippen MR) is 87.6 cm³/mol. The third-order valence-corrected chi connectivity index (χ3v) is 4.39. The predicted octanol–water partition coefficient (Wildman–Crippen LogP) is 2.14. The molecule has 1 aromatic carbocycles. The maximum Gasteiger partial charge on any atom is 0.239 e. The molecule has 1 heterocycles. The zero-order valence-corrected chi connectivity index (χ0v) is 13.3. The van der Waals surface area contributed by atoms with Crippen molar-refractivity contribution in [3.05, 3.63) is 30.3 Å². The molecule has 0 aromatic heterocycles. The third kappa shape index (κ3) is 4.93. The number of likely N-dealkylation sites (tertiary alicyclic amines) is 1. The van der Waals surface area contributed by atoms with Gasteiger partial charge < -0.3 is 15.4 Å². The van der Waals surface area contributed by atoms with E-state index in [1.807, 2.05) is 41.5 Å². The van der Waals surface area contributed by atoms with Gasteiger partial charge in [0.1, 0.15) is 11.9 Å². The number of carbonyl (C=O) groups excluding carboxylic acids is 1. The second-order valence-corrected chi connectivity index (χ2v) is 6.33. The van der Waals surface area contributed by atoms with Crippen molar-refractivity contribution in [3.8, 4) is 5.75 Å².